The molecule has 3 atom stereocenters. The van der Waals surface area contributed by atoms with E-state index in [0.717, 1.165) is 25.7 Å². The Morgan fingerprint density at radius 3 is 2.02 bits per heavy atom. The molecule has 240 valence electrons. The van der Waals surface area contributed by atoms with Gasteiger partial charge < -0.3 is 9.47 Å². The van der Waals surface area contributed by atoms with Gasteiger partial charge in [-0.3, -0.25) is 14.1 Å². The zero-order chi connectivity index (χ0) is 32.1. The zero-order valence-electron chi connectivity index (χ0n) is 26.4. The highest BCUT2D eigenvalue weighted by atomic mass is 32.2. The first-order valence-corrected chi connectivity index (χ1v) is 18.1. The van der Waals surface area contributed by atoms with Crippen molar-refractivity contribution < 1.29 is 32.0 Å². The van der Waals surface area contributed by atoms with Crippen molar-refractivity contribution in [2.45, 2.75) is 88.0 Å². The summed E-state index contributed by atoms with van der Waals surface area (Å²) in [6.45, 7) is 5.36. The van der Waals surface area contributed by atoms with E-state index in [9.17, 15) is 22.6 Å². The number of carbonyl (C=O) groups is 2. The van der Waals surface area contributed by atoms with Crippen LogP contribution in [0.25, 0.3) is 0 Å². The number of esters is 2. The first-order valence-electron chi connectivity index (χ1n) is 16.7. The van der Waals surface area contributed by atoms with E-state index >= 15 is 0 Å². The highest BCUT2D eigenvalue weighted by Crippen LogP contribution is 2.62. The molecule has 0 saturated heterocycles. The van der Waals surface area contributed by atoms with Gasteiger partial charge in [0.15, 0.2) is 0 Å². The van der Waals surface area contributed by atoms with Gasteiger partial charge in [-0.15, -0.1) is 0 Å². The third kappa shape index (κ3) is 4.58. The van der Waals surface area contributed by atoms with E-state index < -0.39 is 15.5 Å². The minimum atomic E-state index is -4.42. The normalized spacial score (nSPS) is 31.8. The number of fused-ring (bicyclic) bond motifs is 1. The van der Waals surface area contributed by atoms with Crippen molar-refractivity contribution in [3.8, 4) is 5.75 Å². The van der Waals surface area contributed by atoms with Crippen molar-refractivity contribution in [3.05, 3.63) is 94.0 Å². The molecule has 0 amide bonds. The van der Waals surface area contributed by atoms with Crippen LogP contribution in [-0.2, 0) is 24.4 Å². The number of hydrogen-bond acceptors (Lipinski definition) is 6. The Balaban J connectivity index is 1.02. The summed E-state index contributed by atoms with van der Waals surface area (Å²) in [5, 5.41) is 0. The van der Waals surface area contributed by atoms with Crippen LogP contribution in [0, 0.1) is 36.0 Å². The SMILES string of the molecule is Cc1cc(S(=O)(=O)O)c(C(C)C)cc1OC(=O)C12CC3CC(C1)C(OC(=O)C1CC4c5ccccc5C1c1ccccc14)C(C3)C2. The van der Waals surface area contributed by atoms with Crippen LogP contribution in [0.5, 0.6) is 5.75 Å². The van der Waals surface area contributed by atoms with Crippen molar-refractivity contribution in [2.24, 2.45) is 29.1 Å². The molecule has 4 fully saturated rings. The molecule has 8 heteroatoms. The fraction of sp³-hybridized carbons (Fsp3) is 0.474. The third-order valence-electron chi connectivity index (χ3n) is 11.9. The van der Waals surface area contributed by atoms with Crippen LogP contribution < -0.4 is 4.74 Å². The molecule has 6 bridgehead atoms. The van der Waals surface area contributed by atoms with Gasteiger partial charge in [0.1, 0.15) is 11.9 Å². The number of hydrogen-bond donors (Lipinski definition) is 1. The van der Waals surface area contributed by atoms with Crippen LogP contribution in [0.1, 0.15) is 104 Å². The predicted molar refractivity (Wildman–Crippen MR) is 171 cm³/mol. The van der Waals surface area contributed by atoms with E-state index in [1.54, 1.807) is 13.0 Å². The van der Waals surface area contributed by atoms with Gasteiger partial charge in [0.25, 0.3) is 10.1 Å². The van der Waals surface area contributed by atoms with Gasteiger partial charge >= 0.3 is 11.9 Å². The van der Waals surface area contributed by atoms with Gasteiger partial charge in [-0.2, -0.15) is 8.42 Å². The minimum Gasteiger partial charge on any atom is -0.462 e. The Kier molecular flexibility index (Phi) is 6.83. The zero-order valence-corrected chi connectivity index (χ0v) is 27.3. The molecule has 0 spiro atoms. The quantitative estimate of drug-likeness (QED) is 0.171. The fourth-order valence-electron chi connectivity index (χ4n) is 10.2. The van der Waals surface area contributed by atoms with E-state index in [-0.39, 0.29) is 58.4 Å². The highest BCUT2D eigenvalue weighted by Gasteiger charge is 2.61. The molecular formula is C38H40O7S. The lowest BCUT2D eigenvalue weighted by Gasteiger charge is -2.58. The maximum Gasteiger partial charge on any atom is 0.317 e. The van der Waals surface area contributed by atoms with Crippen LogP contribution in [0.3, 0.4) is 0 Å². The molecule has 4 saturated carbocycles. The summed E-state index contributed by atoms with van der Waals surface area (Å²) < 4.78 is 46.5. The van der Waals surface area contributed by atoms with E-state index in [1.165, 1.54) is 28.3 Å². The Labute approximate surface area is 270 Å². The van der Waals surface area contributed by atoms with E-state index in [0.29, 0.717) is 35.6 Å². The number of rotatable bonds is 6. The second-order valence-electron chi connectivity index (χ2n) is 15.0. The Hall–Kier alpha value is -3.49. The molecule has 46 heavy (non-hydrogen) atoms. The standard InChI is InChI=1S/C38H40O7S/c1-20(2)29-16-32(21(3)12-33(29)46(41,42)43)44-37(40)38-17-22-13-23(18-38)35(24(14-22)19-38)45-36(39)31-15-30-25-8-4-6-10-27(25)34(31)28-11-7-5-9-26(28)30/h4-12,16,20,22-24,30-31,34-35H,13-15,17-19H2,1-3H3,(H,41,42,43). The second-order valence-corrected chi connectivity index (χ2v) is 16.3. The number of carbonyl (C=O) groups excluding carboxylic acids is 2. The third-order valence-corrected chi connectivity index (χ3v) is 12.8. The molecule has 7 aliphatic carbocycles. The van der Waals surface area contributed by atoms with Crippen molar-refractivity contribution in [3.63, 3.8) is 0 Å². The summed E-state index contributed by atoms with van der Waals surface area (Å²) in [7, 11) is -4.42. The maximum atomic E-state index is 14.1. The van der Waals surface area contributed by atoms with Crippen LogP contribution >= 0.6 is 0 Å². The van der Waals surface area contributed by atoms with Crippen LogP contribution in [0.4, 0.5) is 0 Å². The number of benzene rings is 3. The average molecular weight is 641 g/mol. The molecule has 7 aliphatic rings. The van der Waals surface area contributed by atoms with Gasteiger partial charge in [0, 0.05) is 11.8 Å². The average Bonchev–Trinajstić information content (AvgIpc) is 3.02. The molecule has 7 nitrogen and oxygen atoms in total. The molecular weight excluding hydrogens is 600 g/mol. The monoisotopic (exact) mass is 640 g/mol. The van der Waals surface area contributed by atoms with Crippen molar-refractivity contribution in [2.75, 3.05) is 0 Å². The molecule has 3 unspecified atom stereocenters. The molecule has 0 aromatic heterocycles. The summed E-state index contributed by atoms with van der Waals surface area (Å²) in [6, 6.07) is 20.0. The lowest BCUT2D eigenvalue weighted by molar-refractivity contribution is -0.194. The van der Waals surface area contributed by atoms with Gasteiger partial charge in [-0.25, -0.2) is 0 Å². The second kappa shape index (κ2) is 10.5. The van der Waals surface area contributed by atoms with Crippen LogP contribution in [0.2, 0.25) is 0 Å². The Morgan fingerprint density at radius 1 is 0.870 bits per heavy atom. The van der Waals surface area contributed by atoms with Gasteiger partial charge in [-0.05, 0) is 115 Å². The first-order chi connectivity index (χ1) is 21.9. The summed E-state index contributed by atoms with van der Waals surface area (Å²) in [5.41, 5.74) is 5.38. The van der Waals surface area contributed by atoms with E-state index in [4.69, 9.17) is 9.47 Å². The Morgan fingerprint density at radius 2 is 1.46 bits per heavy atom. The fourth-order valence-corrected chi connectivity index (χ4v) is 11.1. The van der Waals surface area contributed by atoms with Crippen LogP contribution in [0.15, 0.2) is 65.6 Å². The summed E-state index contributed by atoms with van der Waals surface area (Å²) in [5.74, 6) is 0.296. The van der Waals surface area contributed by atoms with Crippen LogP contribution in [-0.4, -0.2) is 31.0 Å². The van der Waals surface area contributed by atoms with Gasteiger partial charge in [0.05, 0.1) is 16.2 Å². The minimum absolute atomic E-state index is 0.00534. The molecule has 0 aliphatic heterocycles. The topological polar surface area (TPSA) is 107 Å². The smallest absolute Gasteiger partial charge is 0.317 e. The molecule has 0 radical (unpaired) electrons. The molecule has 10 rings (SSSR count). The van der Waals surface area contributed by atoms with Gasteiger partial charge in [-0.1, -0.05) is 62.4 Å². The number of ether oxygens (including phenoxy) is 2. The van der Waals surface area contributed by atoms with Crippen molar-refractivity contribution in [1.29, 1.82) is 0 Å². The lowest BCUT2D eigenvalue weighted by atomic mass is 9.48. The lowest BCUT2D eigenvalue weighted by Crippen LogP contribution is -2.58. The largest absolute Gasteiger partial charge is 0.462 e. The van der Waals surface area contributed by atoms with Crippen molar-refractivity contribution >= 4 is 22.1 Å². The van der Waals surface area contributed by atoms with E-state index in [2.05, 4.69) is 48.5 Å². The summed E-state index contributed by atoms with van der Waals surface area (Å²) in [6.07, 6.45) is 4.47. The molecule has 0 heterocycles. The van der Waals surface area contributed by atoms with Gasteiger partial charge in [0.2, 0.25) is 0 Å². The summed E-state index contributed by atoms with van der Waals surface area (Å²) in [4.78, 5) is 27.9. The highest BCUT2D eigenvalue weighted by molar-refractivity contribution is 7.85. The Bertz CT molecular complexity index is 1810. The number of aryl methyl sites for hydroxylation is 1. The van der Waals surface area contributed by atoms with E-state index in [1.807, 2.05) is 13.8 Å². The maximum absolute atomic E-state index is 14.1. The summed E-state index contributed by atoms with van der Waals surface area (Å²) >= 11 is 0. The predicted octanol–water partition coefficient (Wildman–Crippen LogP) is 7.31. The van der Waals surface area contributed by atoms with Crippen molar-refractivity contribution in [1.82, 2.24) is 0 Å². The molecule has 3 aromatic carbocycles. The molecule has 3 aromatic rings. The first kappa shape index (κ1) is 29.9. The molecule has 1 N–H and O–H groups in total.